The smallest absolute Gasteiger partial charge is 0.317 e. The first-order valence-electron chi connectivity index (χ1n) is 32.4. The van der Waals surface area contributed by atoms with E-state index in [0.29, 0.717) is 5.75 Å². The maximum absolute atomic E-state index is 14.3. The van der Waals surface area contributed by atoms with Gasteiger partial charge in [-0.15, -0.1) is 0 Å². The molecule has 12 atom stereocenters. The minimum absolute atomic E-state index is 0.00670. The Morgan fingerprint density at radius 3 is 1.04 bits per heavy atom. The van der Waals surface area contributed by atoms with E-state index in [9.17, 15) is 10.3 Å². The second kappa shape index (κ2) is 36.9. The molecular formula is C79H81N3O14. The summed E-state index contributed by atoms with van der Waals surface area (Å²) >= 11 is 0. The van der Waals surface area contributed by atoms with Crippen molar-refractivity contribution < 1.29 is 66.4 Å². The van der Waals surface area contributed by atoms with Gasteiger partial charge in [0.2, 0.25) is 0 Å². The van der Waals surface area contributed by atoms with Crippen LogP contribution < -0.4 is 4.74 Å². The van der Waals surface area contributed by atoms with Crippen LogP contribution in [0.4, 0.5) is 0 Å². The third-order valence-corrected chi connectivity index (χ3v) is 16.7. The highest BCUT2D eigenvalue weighted by atomic mass is 16.7. The molecule has 9 aromatic carbocycles. The van der Waals surface area contributed by atoms with E-state index in [1.807, 2.05) is 267 Å². The van der Waals surface area contributed by atoms with Gasteiger partial charge in [-0.1, -0.05) is 260 Å². The fraction of sp³-hybridized carbons (Fsp3) is 0.304. The lowest BCUT2D eigenvalue weighted by Crippen LogP contribution is -2.70. The minimum atomic E-state index is -1.48. The number of rotatable bonds is 35. The number of esters is 1. The number of nitrogens with zero attached hydrogens (tertiary/aromatic N) is 3. The molecule has 17 nitrogen and oxygen atoms in total. The summed E-state index contributed by atoms with van der Waals surface area (Å²) in [7, 11) is 1.61. The first kappa shape index (κ1) is 68.5. The van der Waals surface area contributed by atoms with E-state index in [-0.39, 0.29) is 66.1 Å². The molecule has 496 valence electrons. The lowest BCUT2D eigenvalue weighted by Gasteiger charge is -2.52. The van der Waals surface area contributed by atoms with Gasteiger partial charge in [0, 0.05) is 4.91 Å². The van der Waals surface area contributed by atoms with Gasteiger partial charge in [0.05, 0.1) is 73.2 Å². The summed E-state index contributed by atoms with van der Waals surface area (Å²) in [5.74, 6) is -0.156. The minimum Gasteiger partial charge on any atom is -0.497 e. The Morgan fingerprint density at radius 2 is 0.677 bits per heavy atom. The Balaban J connectivity index is 1.07. The van der Waals surface area contributed by atoms with Gasteiger partial charge in [-0.25, -0.2) is 0 Å². The molecule has 0 N–H and O–H groups in total. The number of hydrogen-bond donors (Lipinski definition) is 0. The SMILES string of the molecule is COc1ccc(CO[C@H]2[C@H](OC[C@@H](N=[N+]=[N-])C(=O)OCc3ccccc3)[C@@H](OCc3ccccc3)[C@H](OCc3ccccc3)[C@@H](OCc3ccccc3)[C@H]2O[C@H]2O[C@H](COCc3ccccc3)[C@@H](OCc3ccccc3)[C@H](OCc3ccccc3)[C@@H]2OCc2ccccc2)cc1. The van der Waals surface area contributed by atoms with E-state index in [1.54, 1.807) is 7.11 Å². The largest absolute Gasteiger partial charge is 0.497 e. The maximum Gasteiger partial charge on any atom is 0.317 e. The summed E-state index contributed by atoms with van der Waals surface area (Å²) in [5, 5.41) is 3.98. The Kier molecular flexibility index (Phi) is 26.3. The predicted molar refractivity (Wildman–Crippen MR) is 360 cm³/mol. The second-order valence-corrected chi connectivity index (χ2v) is 23.4. The highest BCUT2D eigenvalue weighted by Crippen LogP contribution is 2.40. The lowest BCUT2D eigenvalue weighted by molar-refractivity contribution is -0.365. The molecule has 0 aromatic heterocycles. The molecule has 0 amide bonds. The summed E-state index contributed by atoms with van der Waals surface area (Å²) < 4.78 is 91.6. The molecular weight excluding hydrogens is 1210 g/mol. The molecule has 1 heterocycles. The molecule has 0 radical (unpaired) electrons. The Labute approximate surface area is 561 Å². The van der Waals surface area contributed by atoms with Crippen LogP contribution >= 0.6 is 0 Å². The van der Waals surface area contributed by atoms with Crippen LogP contribution in [0.2, 0.25) is 0 Å². The quantitative estimate of drug-likeness (QED) is 0.0158. The normalized spacial score (nSPS) is 21.9. The number of methoxy groups -OCH3 is 1. The van der Waals surface area contributed by atoms with Crippen LogP contribution in [0.1, 0.15) is 50.1 Å². The molecule has 1 aliphatic heterocycles. The maximum atomic E-state index is 14.3. The number of benzene rings is 9. The fourth-order valence-corrected chi connectivity index (χ4v) is 11.7. The molecule has 0 unspecified atom stereocenters. The van der Waals surface area contributed by atoms with Crippen molar-refractivity contribution >= 4 is 5.97 Å². The van der Waals surface area contributed by atoms with Gasteiger partial charge in [-0.05, 0) is 67.7 Å². The zero-order valence-electron chi connectivity index (χ0n) is 53.7. The van der Waals surface area contributed by atoms with E-state index < -0.39 is 85.9 Å². The van der Waals surface area contributed by atoms with Crippen LogP contribution in [0.3, 0.4) is 0 Å². The molecule has 2 aliphatic rings. The third kappa shape index (κ3) is 20.1. The third-order valence-electron chi connectivity index (χ3n) is 16.7. The van der Waals surface area contributed by atoms with Crippen molar-refractivity contribution in [2.45, 2.75) is 133 Å². The lowest BCUT2D eigenvalue weighted by atomic mass is 9.83. The van der Waals surface area contributed by atoms with E-state index in [0.717, 1.165) is 50.1 Å². The first-order chi connectivity index (χ1) is 47.4. The summed E-state index contributed by atoms with van der Waals surface area (Å²) in [6.45, 7) is 0.455. The van der Waals surface area contributed by atoms with Crippen LogP contribution in [0.5, 0.6) is 5.75 Å². The average Bonchev–Trinajstić information content (AvgIpc) is 0.774. The van der Waals surface area contributed by atoms with Crippen LogP contribution in [0.15, 0.2) is 272 Å². The van der Waals surface area contributed by atoms with Gasteiger partial charge in [0.15, 0.2) is 12.3 Å². The molecule has 0 bridgehead atoms. The summed E-state index contributed by atoms with van der Waals surface area (Å²) in [5.41, 5.74) is 17.9. The van der Waals surface area contributed by atoms with Crippen molar-refractivity contribution in [2.24, 2.45) is 5.11 Å². The molecule has 96 heavy (non-hydrogen) atoms. The van der Waals surface area contributed by atoms with E-state index >= 15 is 0 Å². The molecule has 0 spiro atoms. The molecule has 2 fully saturated rings. The van der Waals surface area contributed by atoms with Crippen molar-refractivity contribution in [3.8, 4) is 5.75 Å². The topological polar surface area (TPSA) is 186 Å². The highest BCUT2D eigenvalue weighted by Gasteiger charge is 2.58. The number of hydrogen-bond acceptors (Lipinski definition) is 15. The van der Waals surface area contributed by atoms with Crippen LogP contribution in [0, 0.1) is 0 Å². The zero-order valence-corrected chi connectivity index (χ0v) is 53.7. The van der Waals surface area contributed by atoms with Crippen molar-refractivity contribution in [1.29, 1.82) is 0 Å². The summed E-state index contributed by atoms with van der Waals surface area (Å²) in [4.78, 5) is 17.4. The van der Waals surface area contributed by atoms with E-state index in [1.165, 1.54) is 0 Å². The van der Waals surface area contributed by atoms with Gasteiger partial charge in [0.25, 0.3) is 0 Å². The standard InChI is InChI=1S/C79H81N3O14/c1-84-66-44-42-65(43-45-66)53-91-75-73(93-55-67(81-82-80)78(83)94-54-64-40-24-9-25-41-64)71(88-49-60-32-16-5-17-33-60)72(89-50-61-34-18-6-19-35-61)74(90-51-62-36-20-7-21-37-62)76(75)96-79-77(92-52-63-38-22-8-23-39-63)70(87-48-59-30-14-4-15-31-59)69(86-47-58-28-12-3-13-29-58)68(95-79)56-85-46-57-26-10-2-11-27-57/h2-45,67-77,79H,46-56H2,1H3/t67-,68-,69-,70+,71+,72+,73-,74-,75+,76-,77+,79-/m1/s1. The van der Waals surface area contributed by atoms with Crippen molar-refractivity contribution in [2.75, 3.05) is 20.3 Å². The Morgan fingerprint density at radius 1 is 0.375 bits per heavy atom. The predicted octanol–water partition coefficient (Wildman–Crippen LogP) is 14.2. The average molecular weight is 1300 g/mol. The van der Waals surface area contributed by atoms with Crippen molar-refractivity contribution in [3.05, 3.63) is 327 Å². The van der Waals surface area contributed by atoms with Gasteiger partial charge < -0.3 is 61.6 Å². The molecule has 17 heteroatoms. The number of ether oxygens (including phenoxy) is 13. The molecule has 9 aromatic rings. The van der Waals surface area contributed by atoms with Crippen LogP contribution in [-0.2, 0) is 121 Å². The highest BCUT2D eigenvalue weighted by molar-refractivity contribution is 5.76. The number of azide groups is 1. The van der Waals surface area contributed by atoms with E-state index in [2.05, 4.69) is 10.0 Å². The van der Waals surface area contributed by atoms with Gasteiger partial charge in [-0.3, -0.25) is 4.79 Å². The van der Waals surface area contributed by atoms with Crippen molar-refractivity contribution in [3.63, 3.8) is 0 Å². The van der Waals surface area contributed by atoms with Gasteiger partial charge >= 0.3 is 5.97 Å². The fourth-order valence-electron chi connectivity index (χ4n) is 11.7. The van der Waals surface area contributed by atoms with E-state index in [4.69, 9.17) is 61.6 Å². The number of carbonyl (C=O) groups is 1. The molecule has 1 saturated carbocycles. The Hall–Kier alpha value is -8.88. The molecule has 1 aliphatic carbocycles. The number of carbonyl (C=O) groups excluding carboxylic acids is 1. The van der Waals surface area contributed by atoms with Gasteiger partial charge in [0.1, 0.15) is 73.4 Å². The molecule has 11 rings (SSSR count). The van der Waals surface area contributed by atoms with Crippen LogP contribution in [0.25, 0.3) is 10.4 Å². The van der Waals surface area contributed by atoms with Crippen molar-refractivity contribution in [1.82, 2.24) is 0 Å². The molecule has 1 saturated heterocycles. The summed E-state index contributed by atoms with van der Waals surface area (Å²) in [6.07, 6.45) is -11.8. The zero-order chi connectivity index (χ0) is 65.8. The summed E-state index contributed by atoms with van der Waals surface area (Å²) in [6, 6.07) is 84.3. The van der Waals surface area contributed by atoms with Crippen LogP contribution in [-0.4, -0.2) is 99.7 Å². The second-order valence-electron chi connectivity index (χ2n) is 23.4. The monoisotopic (exact) mass is 1300 g/mol. The Bertz CT molecular complexity index is 3700. The first-order valence-corrected chi connectivity index (χ1v) is 32.4. The van der Waals surface area contributed by atoms with Gasteiger partial charge in [-0.2, -0.15) is 0 Å².